The van der Waals surface area contributed by atoms with Crippen LogP contribution in [0.5, 0.6) is 0 Å². The van der Waals surface area contributed by atoms with Crippen molar-refractivity contribution in [3.63, 3.8) is 0 Å². The zero-order valence-corrected chi connectivity index (χ0v) is 12.9. The van der Waals surface area contributed by atoms with E-state index >= 15 is 0 Å². The normalized spacial score (nSPS) is 11.6. The average Bonchev–Trinajstić information content (AvgIpc) is 2.69. The quantitative estimate of drug-likeness (QED) is 0.902. The highest BCUT2D eigenvalue weighted by Gasteiger charge is 2.19. The summed E-state index contributed by atoms with van der Waals surface area (Å²) in [6, 6.07) is 5.04. The Morgan fingerprint density at radius 3 is 2.60 bits per heavy atom. The zero-order chi connectivity index (χ0) is 14.9. The molecule has 0 bridgehead atoms. The molecule has 0 aliphatic carbocycles. The van der Waals surface area contributed by atoms with E-state index in [1.54, 1.807) is 6.92 Å². The van der Waals surface area contributed by atoms with E-state index in [0.29, 0.717) is 0 Å². The third-order valence-corrected chi connectivity index (χ3v) is 5.90. The van der Waals surface area contributed by atoms with Gasteiger partial charge in [0.25, 0.3) is 10.0 Å². The van der Waals surface area contributed by atoms with E-state index in [0.717, 1.165) is 33.9 Å². The number of hydrogen-bond donors (Lipinski definition) is 2. The molecule has 20 heavy (non-hydrogen) atoms. The summed E-state index contributed by atoms with van der Waals surface area (Å²) in [5.74, 6) is -0.611. The van der Waals surface area contributed by atoms with Gasteiger partial charge in [-0.15, -0.1) is 11.3 Å². The van der Waals surface area contributed by atoms with Gasteiger partial charge in [-0.05, 0) is 36.8 Å². The fourth-order valence-corrected chi connectivity index (χ4v) is 4.37. The maximum Gasteiger partial charge on any atom is 0.271 e. The van der Waals surface area contributed by atoms with Crippen LogP contribution in [0.1, 0.15) is 10.4 Å². The molecule has 1 heterocycles. The molecule has 0 amide bonds. The van der Waals surface area contributed by atoms with Crippen molar-refractivity contribution in [2.75, 3.05) is 4.72 Å². The number of nitrogens with one attached hydrogen (secondary N) is 1. The Balaban J connectivity index is 2.35. The van der Waals surface area contributed by atoms with Crippen LogP contribution in [0.15, 0.2) is 28.5 Å². The number of rotatable bonds is 4. The van der Waals surface area contributed by atoms with Crippen LogP contribution in [0.2, 0.25) is 5.02 Å². The molecule has 0 fully saturated rings. The Bertz CT molecular complexity index is 724. The number of aryl methyl sites for hydroxylation is 1. The first kappa shape index (κ1) is 15.2. The first-order valence-corrected chi connectivity index (χ1v) is 8.28. The first-order chi connectivity index (χ1) is 9.31. The lowest BCUT2D eigenvalue weighted by Crippen LogP contribution is -2.11. The minimum absolute atomic E-state index is 0.0790. The van der Waals surface area contributed by atoms with Crippen molar-refractivity contribution >= 4 is 38.6 Å². The topological polar surface area (TPSA) is 72.2 Å². The first-order valence-electron chi connectivity index (χ1n) is 5.60. The smallest absolute Gasteiger partial charge is 0.271 e. The molecule has 108 valence electrons. The molecule has 0 saturated heterocycles. The second-order valence-electron chi connectivity index (χ2n) is 4.14. The number of benzene rings is 1. The summed E-state index contributed by atoms with van der Waals surface area (Å²) in [5, 5.41) is 0.118. The fourth-order valence-electron chi connectivity index (χ4n) is 1.64. The molecule has 2 aromatic rings. The van der Waals surface area contributed by atoms with Gasteiger partial charge in [0.1, 0.15) is 10.0 Å². The highest BCUT2D eigenvalue weighted by atomic mass is 35.5. The third-order valence-electron chi connectivity index (χ3n) is 2.56. The van der Waals surface area contributed by atoms with Gasteiger partial charge in [0.2, 0.25) is 0 Å². The van der Waals surface area contributed by atoms with E-state index in [-0.39, 0.29) is 21.5 Å². The molecule has 4 nitrogen and oxygen atoms in total. The van der Waals surface area contributed by atoms with Gasteiger partial charge in [-0.3, -0.25) is 4.72 Å². The molecule has 0 aliphatic heterocycles. The van der Waals surface area contributed by atoms with Crippen LogP contribution >= 0.6 is 22.9 Å². The molecule has 3 N–H and O–H groups in total. The molecule has 1 aromatic carbocycles. The third kappa shape index (κ3) is 3.29. The lowest BCUT2D eigenvalue weighted by Gasteiger charge is -2.06. The van der Waals surface area contributed by atoms with Crippen molar-refractivity contribution < 1.29 is 12.8 Å². The summed E-state index contributed by atoms with van der Waals surface area (Å²) < 4.78 is 40.0. The van der Waals surface area contributed by atoms with Crippen molar-refractivity contribution in [1.82, 2.24) is 0 Å². The van der Waals surface area contributed by atoms with Crippen molar-refractivity contribution in [1.29, 1.82) is 0 Å². The summed E-state index contributed by atoms with van der Waals surface area (Å²) in [7, 11) is -3.77. The van der Waals surface area contributed by atoms with Crippen LogP contribution in [-0.4, -0.2) is 8.42 Å². The Morgan fingerprint density at radius 1 is 1.35 bits per heavy atom. The van der Waals surface area contributed by atoms with E-state index in [1.807, 2.05) is 0 Å². The lowest BCUT2D eigenvalue weighted by molar-refractivity contribution is 0.603. The molecule has 0 atom stereocenters. The molecule has 1 aromatic heterocycles. The van der Waals surface area contributed by atoms with Crippen LogP contribution in [0.4, 0.5) is 10.1 Å². The van der Waals surface area contributed by atoms with Crippen LogP contribution < -0.4 is 10.5 Å². The average molecular weight is 335 g/mol. The SMILES string of the molecule is Cc1cc(S(=O)(=O)Nc2cc(F)cc(Cl)c2)sc1CN. The number of hydrogen-bond acceptors (Lipinski definition) is 4. The second-order valence-corrected chi connectivity index (χ2v) is 7.62. The van der Waals surface area contributed by atoms with Gasteiger partial charge >= 0.3 is 0 Å². The van der Waals surface area contributed by atoms with E-state index in [4.69, 9.17) is 17.3 Å². The van der Waals surface area contributed by atoms with E-state index in [2.05, 4.69) is 4.72 Å². The largest absolute Gasteiger partial charge is 0.326 e. The Labute approximate surface area is 125 Å². The Kier molecular flexibility index (Phi) is 4.33. The van der Waals surface area contributed by atoms with Gasteiger partial charge < -0.3 is 5.73 Å². The van der Waals surface area contributed by atoms with Crippen LogP contribution in [0.3, 0.4) is 0 Å². The summed E-state index contributed by atoms with van der Waals surface area (Å²) >= 11 is 6.78. The predicted octanol–water partition coefficient (Wildman–Crippen LogP) is 3.11. The van der Waals surface area contributed by atoms with Gasteiger partial charge in [0.05, 0.1) is 5.69 Å². The van der Waals surface area contributed by atoms with Crippen LogP contribution in [0.25, 0.3) is 0 Å². The number of thiophene rings is 1. The molecule has 0 aliphatic rings. The molecule has 8 heteroatoms. The van der Waals surface area contributed by atoms with Crippen molar-refractivity contribution in [2.24, 2.45) is 5.73 Å². The van der Waals surface area contributed by atoms with Crippen molar-refractivity contribution in [3.05, 3.63) is 45.5 Å². The highest BCUT2D eigenvalue weighted by Crippen LogP contribution is 2.28. The van der Waals surface area contributed by atoms with Gasteiger partial charge in [-0.1, -0.05) is 11.6 Å². The zero-order valence-electron chi connectivity index (χ0n) is 10.5. The molecule has 0 saturated carbocycles. The molecule has 0 unspecified atom stereocenters. The van der Waals surface area contributed by atoms with E-state index in [9.17, 15) is 12.8 Å². The molecular weight excluding hydrogens is 323 g/mol. The number of halogens is 2. The monoisotopic (exact) mass is 334 g/mol. The Morgan fingerprint density at radius 2 is 2.05 bits per heavy atom. The summed E-state index contributed by atoms with van der Waals surface area (Å²) in [6.45, 7) is 2.06. The van der Waals surface area contributed by atoms with Crippen molar-refractivity contribution in [3.8, 4) is 0 Å². The fraction of sp³-hybridized carbons (Fsp3) is 0.167. The lowest BCUT2D eigenvalue weighted by atomic mass is 10.3. The maximum atomic E-state index is 13.2. The number of nitrogens with two attached hydrogens (primary N) is 1. The van der Waals surface area contributed by atoms with Gasteiger partial charge in [0.15, 0.2) is 0 Å². The highest BCUT2D eigenvalue weighted by molar-refractivity contribution is 7.94. The van der Waals surface area contributed by atoms with Gasteiger partial charge in [-0.2, -0.15) is 0 Å². The molecule has 0 spiro atoms. The predicted molar refractivity (Wildman–Crippen MR) is 79.2 cm³/mol. The summed E-state index contributed by atoms with van der Waals surface area (Å²) in [5.41, 5.74) is 6.42. The molecule has 2 rings (SSSR count). The minimum Gasteiger partial charge on any atom is -0.326 e. The summed E-state index contributed by atoms with van der Waals surface area (Å²) in [4.78, 5) is 0.794. The Hall–Kier alpha value is -1.15. The van der Waals surface area contributed by atoms with Crippen molar-refractivity contribution in [2.45, 2.75) is 17.7 Å². The molecule has 0 radical (unpaired) electrons. The van der Waals surface area contributed by atoms with Crippen LogP contribution in [0, 0.1) is 12.7 Å². The standard InChI is InChI=1S/C12H12ClFN2O2S2/c1-7-2-12(19-11(7)6-15)20(17,18)16-10-4-8(13)3-9(14)5-10/h2-5,16H,6,15H2,1H3. The summed E-state index contributed by atoms with van der Waals surface area (Å²) in [6.07, 6.45) is 0. The number of sulfonamides is 1. The van der Waals surface area contributed by atoms with E-state index in [1.165, 1.54) is 12.1 Å². The maximum absolute atomic E-state index is 13.2. The number of anilines is 1. The minimum atomic E-state index is -3.77. The van der Waals surface area contributed by atoms with Crippen LogP contribution in [-0.2, 0) is 16.6 Å². The van der Waals surface area contributed by atoms with E-state index < -0.39 is 15.8 Å². The second kappa shape index (κ2) is 5.69. The van der Waals surface area contributed by atoms with Gasteiger partial charge in [0, 0.05) is 16.4 Å². The molecular formula is C12H12ClFN2O2S2. The van der Waals surface area contributed by atoms with Gasteiger partial charge in [-0.25, -0.2) is 12.8 Å².